The number of aliphatic hydroxyl groups excluding tert-OH is 1. The van der Waals surface area contributed by atoms with E-state index in [9.17, 15) is 0 Å². The van der Waals surface area contributed by atoms with Gasteiger partial charge in [0.1, 0.15) is 0 Å². The molecule has 0 aromatic heterocycles. The number of nitrogens with zero attached hydrogens (tertiary/aromatic N) is 1. The molecule has 0 saturated heterocycles. The molecule has 0 spiro atoms. The standard InChI is InChI=1S/C7H15N3O/c1-9-6(8)10-7(5-11)3-2-4-7/h11H,2-5H2,1H3,(H3,8,9,10). The van der Waals surface area contributed by atoms with E-state index in [0.717, 1.165) is 19.3 Å². The molecular formula is C7H15N3O. The van der Waals surface area contributed by atoms with E-state index in [1.54, 1.807) is 7.05 Å². The van der Waals surface area contributed by atoms with E-state index in [-0.39, 0.29) is 12.1 Å². The van der Waals surface area contributed by atoms with Gasteiger partial charge in [0.2, 0.25) is 0 Å². The smallest absolute Gasteiger partial charge is 0.188 e. The minimum atomic E-state index is -0.163. The number of aliphatic hydroxyl groups is 1. The number of hydrogen-bond donors (Lipinski definition) is 3. The fourth-order valence-corrected chi connectivity index (χ4v) is 1.25. The van der Waals surface area contributed by atoms with Gasteiger partial charge in [-0.15, -0.1) is 0 Å². The first-order valence-corrected chi connectivity index (χ1v) is 3.84. The molecule has 4 nitrogen and oxygen atoms in total. The van der Waals surface area contributed by atoms with Crippen molar-refractivity contribution in [2.75, 3.05) is 13.7 Å². The lowest BCUT2D eigenvalue weighted by atomic mass is 9.77. The Morgan fingerprint density at radius 1 is 1.73 bits per heavy atom. The van der Waals surface area contributed by atoms with Crippen molar-refractivity contribution in [2.24, 2.45) is 10.7 Å². The number of nitrogens with two attached hydrogens (primary N) is 1. The van der Waals surface area contributed by atoms with Crippen LogP contribution in [0.4, 0.5) is 0 Å². The molecule has 0 amide bonds. The molecule has 1 saturated carbocycles. The van der Waals surface area contributed by atoms with Crippen molar-refractivity contribution < 1.29 is 5.11 Å². The van der Waals surface area contributed by atoms with E-state index in [0.29, 0.717) is 5.96 Å². The summed E-state index contributed by atoms with van der Waals surface area (Å²) >= 11 is 0. The first-order chi connectivity index (χ1) is 5.22. The molecular weight excluding hydrogens is 142 g/mol. The fraction of sp³-hybridized carbons (Fsp3) is 0.857. The Balaban J connectivity index is 2.44. The number of nitrogens with one attached hydrogen (secondary N) is 1. The monoisotopic (exact) mass is 157 g/mol. The summed E-state index contributed by atoms with van der Waals surface area (Å²) in [6.07, 6.45) is 3.13. The zero-order valence-corrected chi connectivity index (χ0v) is 6.80. The Labute approximate surface area is 66.5 Å². The molecule has 1 rings (SSSR count). The van der Waals surface area contributed by atoms with E-state index in [4.69, 9.17) is 10.8 Å². The van der Waals surface area contributed by atoms with Crippen molar-refractivity contribution in [3.05, 3.63) is 0 Å². The highest BCUT2D eigenvalue weighted by Crippen LogP contribution is 2.30. The highest BCUT2D eigenvalue weighted by molar-refractivity contribution is 5.78. The van der Waals surface area contributed by atoms with Crippen molar-refractivity contribution >= 4 is 5.96 Å². The summed E-state index contributed by atoms with van der Waals surface area (Å²) < 4.78 is 0. The number of guanidine groups is 1. The third-order valence-corrected chi connectivity index (χ3v) is 2.25. The van der Waals surface area contributed by atoms with Crippen LogP contribution in [0.2, 0.25) is 0 Å². The lowest BCUT2D eigenvalue weighted by Crippen LogP contribution is -2.58. The van der Waals surface area contributed by atoms with Gasteiger partial charge >= 0.3 is 0 Å². The van der Waals surface area contributed by atoms with Gasteiger partial charge in [-0.25, -0.2) is 0 Å². The predicted octanol–water partition coefficient (Wildman–Crippen LogP) is -0.564. The van der Waals surface area contributed by atoms with Gasteiger partial charge in [-0.1, -0.05) is 0 Å². The topological polar surface area (TPSA) is 70.6 Å². The minimum absolute atomic E-state index is 0.142. The summed E-state index contributed by atoms with van der Waals surface area (Å²) in [7, 11) is 1.63. The zero-order chi connectivity index (χ0) is 8.32. The number of rotatable bonds is 2. The molecule has 0 unspecified atom stereocenters. The molecule has 1 fully saturated rings. The van der Waals surface area contributed by atoms with Crippen LogP contribution >= 0.6 is 0 Å². The van der Waals surface area contributed by atoms with Crippen LogP contribution in [0.5, 0.6) is 0 Å². The summed E-state index contributed by atoms with van der Waals surface area (Å²) in [4.78, 5) is 3.78. The van der Waals surface area contributed by atoms with Gasteiger partial charge in [0.25, 0.3) is 0 Å². The second kappa shape index (κ2) is 3.09. The molecule has 1 aliphatic rings. The molecule has 1 aliphatic carbocycles. The summed E-state index contributed by atoms with van der Waals surface area (Å²) in [5.74, 6) is 0.416. The number of hydrogen-bond acceptors (Lipinski definition) is 2. The van der Waals surface area contributed by atoms with Gasteiger partial charge in [-0.05, 0) is 19.3 Å². The van der Waals surface area contributed by atoms with Gasteiger partial charge in [0.15, 0.2) is 5.96 Å². The maximum atomic E-state index is 9.01. The maximum absolute atomic E-state index is 9.01. The first-order valence-electron chi connectivity index (χ1n) is 3.84. The summed E-state index contributed by atoms with van der Waals surface area (Å²) in [5, 5.41) is 12.0. The predicted molar refractivity (Wildman–Crippen MR) is 44.3 cm³/mol. The van der Waals surface area contributed by atoms with Gasteiger partial charge in [-0.3, -0.25) is 4.99 Å². The van der Waals surface area contributed by atoms with Crippen molar-refractivity contribution in [3.63, 3.8) is 0 Å². The van der Waals surface area contributed by atoms with Crippen LogP contribution in [0.1, 0.15) is 19.3 Å². The van der Waals surface area contributed by atoms with Gasteiger partial charge in [-0.2, -0.15) is 0 Å². The molecule has 0 aromatic rings. The van der Waals surface area contributed by atoms with Crippen LogP contribution in [0.3, 0.4) is 0 Å². The molecule has 0 heterocycles. The average molecular weight is 157 g/mol. The highest BCUT2D eigenvalue weighted by Gasteiger charge is 2.36. The Hall–Kier alpha value is -0.770. The first kappa shape index (κ1) is 8.33. The normalized spacial score (nSPS) is 22.5. The van der Waals surface area contributed by atoms with E-state index in [1.807, 2.05) is 0 Å². The molecule has 0 aromatic carbocycles. The molecule has 4 N–H and O–H groups in total. The Kier molecular flexibility index (Phi) is 2.34. The number of aliphatic imine (C=N–C) groups is 1. The maximum Gasteiger partial charge on any atom is 0.188 e. The molecule has 11 heavy (non-hydrogen) atoms. The largest absolute Gasteiger partial charge is 0.394 e. The minimum Gasteiger partial charge on any atom is -0.394 e. The lowest BCUT2D eigenvalue weighted by molar-refractivity contribution is 0.107. The van der Waals surface area contributed by atoms with E-state index in [2.05, 4.69) is 10.3 Å². The average Bonchev–Trinajstić information content (AvgIpc) is 1.96. The molecule has 0 bridgehead atoms. The molecule has 0 atom stereocenters. The van der Waals surface area contributed by atoms with Crippen LogP contribution in [0.25, 0.3) is 0 Å². The molecule has 0 aliphatic heterocycles. The quantitative estimate of drug-likeness (QED) is 0.371. The third-order valence-electron chi connectivity index (χ3n) is 2.25. The van der Waals surface area contributed by atoms with Crippen LogP contribution in [-0.4, -0.2) is 30.3 Å². The molecule has 64 valence electrons. The van der Waals surface area contributed by atoms with E-state index >= 15 is 0 Å². The van der Waals surface area contributed by atoms with Gasteiger partial charge in [0.05, 0.1) is 12.1 Å². The second-order valence-corrected chi connectivity index (χ2v) is 3.03. The Bertz CT molecular complexity index is 158. The summed E-state index contributed by atoms with van der Waals surface area (Å²) in [6, 6.07) is 0. The lowest BCUT2D eigenvalue weighted by Gasteiger charge is -2.41. The van der Waals surface area contributed by atoms with E-state index < -0.39 is 0 Å². The third kappa shape index (κ3) is 1.63. The fourth-order valence-electron chi connectivity index (χ4n) is 1.25. The van der Waals surface area contributed by atoms with E-state index in [1.165, 1.54) is 0 Å². The van der Waals surface area contributed by atoms with Crippen molar-refractivity contribution in [2.45, 2.75) is 24.8 Å². The second-order valence-electron chi connectivity index (χ2n) is 3.03. The van der Waals surface area contributed by atoms with Crippen molar-refractivity contribution in [3.8, 4) is 0 Å². The van der Waals surface area contributed by atoms with Gasteiger partial charge in [0, 0.05) is 7.05 Å². The van der Waals surface area contributed by atoms with Crippen LogP contribution in [-0.2, 0) is 0 Å². The Morgan fingerprint density at radius 3 is 2.64 bits per heavy atom. The van der Waals surface area contributed by atoms with Crippen LogP contribution in [0.15, 0.2) is 4.99 Å². The van der Waals surface area contributed by atoms with Crippen LogP contribution < -0.4 is 11.1 Å². The van der Waals surface area contributed by atoms with Gasteiger partial charge < -0.3 is 16.2 Å². The Morgan fingerprint density at radius 2 is 2.36 bits per heavy atom. The van der Waals surface area contributed by atoms with Crippen LogP contribution in [0, 0.1) is 0 Å². The van der Waals surface area contributed by atoms with Crippen molar-refractivity contribution in [1.29, 1.82) is 0 Å². The SMILES string of the molecule is CN=C(N)NC1(CO)CCC1. The molecule has 0 radical (unpaired) electrons. The zero-order valence-electron chi connectivity index (χ0n) is 6.80. The van der Waals surface area contributed by atoms with Crippen molar-refractivity contribution in [1.82, 2.24) is 5.32 Å². The summed E-state index contributed by atoms with van der Waals surface area (Å²) in [6.45, 7) is 0.142. The summed E-state index contributed by atoms with van der Waals surface area (Å²) in [5.41, 5.74) is 5.31. The highest BCUT2D eigenvalue weighted by atomic mass is 16.3. The molecule has 4 heteroatoms.